The van der Waals surface area contributed by atoms with Crippen molar-refractivity contribution in [2.75, 3.05) is 19.2 Å². The molecule has 0 aliphatic carbocycles. The molecule has 2 heterocycles. The van der Waals surface area contributed by atoms with Crippen molar-refractivity contribution in [3.8, 4) is 17.2 Å². The molecule has 0 unspecified atom stereocenters. The number of nitrogens with one attached hydrogen (secondary N) is 2. The first-order valence-electron chi connectivity index (χ1n) is 10.7. The molecule has 0 spiro atoms. The zero-order chi connectivity index (χ0) is 23.7. The molecule has 0 fully saturated rings. The lowest BCUT2D eigenvalue weighted by atomic mass is 10.0. The van der Waals surface area contributed by atoms with Gasteiger partial charge in [-0.3, -0.25) is 9.69 Å². The number of benzene rings is 3. The van der Waals surface area contributed by atoms with Gasteiger partial charge in [-0.05, 0) is 53.6 Å². The highest BCUT2D eigenvalue weighted by Crippen LogP contribution is 2.34. The lowest BCUT2D eigenvalue weighted by Crippen LogP contribution is -2.37. The number of urea groups is 1. The van der Waals surface area contributed by atoms with E-state index in [2.05, 4.69) is 17.2 Å². The molecular weight excluding hydrogens is 434 g/mol. The molecule has 3 amide bonds. The van der Waals surface area contributed by atoms with Gasteiger partial charge < -0.3 is 24.8 Å². The Morgan fingerprint density at radius 3 is 2.62 bits per heavy atom. The minimum absolute atomic E-state index is 0.205. The van der Waals surface area contributed by atoms with E-state index in [-0.39, 0.29) is 18.7 Å². The summed E-state index contributed by atoms with van der Waals surface area (Å²) >= 11 is 0. The van der Waals surface area contributed by atoms with Crippen LogP contribution in [-0.4, -0.2) is 30.7 Å². The Balaban J connectivity index is 1.30. The largest absolute Gasteiger partial charge is 0.497 e. The van der Waals surface area contributed by atoms with Gasteiger partial charge in [0, 0.05) is 23.4 Å². The zero-order valence-electron chi connectivity index (χ0n) is 18.6. The second-order valence-electron chi connectivity index (χ2n) is 7.94. The standard InChI is InChI=1S/C26H23N3O5/c1-16-21-12-19(25(30)27-13-18-5-10-23-24(11-18)34-15-33-23)6-9-22(21)28-26(31)29(16)14-17-3-7-20(32-2)8-4-17/h3-12H,1,13-15H2,2H3,(H,27,30)(H,28,31). The molecule has 0 saturated carbocycles. The Labute approximate surface area is 196 Å². The molecule has 0 radical (unpaired) electrons. The van der Waals surface area contributed by atoms with Gasteiger partial charge in [0.05, 0.1) is 19.3 Å². The SMILES string of the molecule is C=C1c2cc(C(=O)NCc3ccc4c(c3)OCO4)ccc2NC(=O)N1Cc1ccc(OC)cc1. The van der Waals surface area contributed by atoms with Crippen LogP contribution in [0.25, 0.3) is 5.70 Å². The normalized spacial score (nSPS) is 13.9. The fraction of sp³-hybridized carbons (Fsp3) is 0.154. The predicted molar refractivity (Wildman–Crippen MR) is 127 cm³/mol. The van der Waals surface area contributed by atoms with Crippen molar-refractivity contribution in [2.45, 2.75) is 13.1 Å². The topological polar surface area (TPSA) is 89.1 Å². The first kappa shape index (κ1) is 21.4. The molecule has 0 atom stereocenters. The van der Waals surface area contributed by atoms with Gasteiger partial charge in [-0.2, -0.15) is 0 Å². The third-order valence-electron chi connectivity index (χ3n) is 5.80. The Kier molecular flexibility index (Phi) is 5.55. The van der Waals surface area contributed by atoms with Crippen LogP contribution < -0.4 is 24.8 Å². The Morgan fingerprint density at radius 2 is 1.82 bits per heavy atom. The number of hydrogen-bond acceptors (Lipinski definition) is 5. The second-order valence-corrected chi connectivity index (χ2v) is 7.94. The van der Waals surface area contributed by atoms with Crippen molar-refractivity contribution in [1.82, 2.24) is 10.2 Å². The number of fused-ring (bicyclic) bond motifs is 2. The molecular formula is C26H23N3O5. The highest BCUT2D eigenvalue weighted by atomic mass is 16.7. The second kappa shape index (κ2) is 8.82. The monoisotopic (exact) mass is 457 g/mol. The summed E-state index contributed by atoms with van der Waals surface area (Å²) in [4.78, 5) is 27.1. The van der Waals surface area contributed by atoms with Crippen molar-refractivity contribution >= 4 is 23.3 Å². The number of rotatable bonds is 6. The minimum atomic E-state index is -0.270. The van der Waals surface area contributed by atoms with Gasteiger partial charge in [0.1, 0.15) is 5.75 Å². The van der Waals surface area contributed by atoms with Crippen molar-refractivity contribution < 1.29 is 23.8 Å². The summed E-state index contributed by atoms with van der Waals surface area (Å²) in [6, 6.07) is 17.9. The van der Waals surface area contributed by atoms with E-state index in [4.69, 9.17) is 14.2 Å². The van der Waals surface area contributed by atoms with Gasteiger partial charge in [0.25, 0.3) is 5.91 Å². The maximum Gasteiger partial charge on any atom is 0.326 e. The molecule has 0 saturated heterocycles. The zero-order valence-corrected chi connectivity index (χ0v) is 18.6. The number of carbonyl (C=O) groups is 2. The summed E-state index contributed by atoms with van der Waals surface area (Å²) in [5.74, 6) is 1.88. The van der Waals surface area contributed by atoms with Crippen LogP contribution in [0.2, 0.25) is 0 Å². The molecule has 3 aromatic carbocycles. The van der Waals surface area contributed by atoms with E-state index in [0.717, 1.165) is 16.9 Å². The maximum absolute atomic E-state index is 12.8. The molecule has 5 rings (SSSR count). The van der Waals surface area contributed by atoms with Crippen molar-refractivity contribution in [2.24, 2.45) is 0 Å². The summed E-state index contributed by atoms with van der Waals surface area (Å²) < 4.78 is 15.9. The first-order chi connectivity index (χ1) is 16.5. The van der Waals surface area contributed by atoms with Crippen molar-refractivity contribution in [3.05, 3.63) is 89.5 Å². The Bertz CT molecular complexity index is 1290. The molecule has 2 aliphatic rings. The molecule has 8 nitrogen and oxygen atoms in total. The number of methoxy groups -OCH3 is 1. The lowest BCUT2D eigenvalue weighted by Gasteiger charge is -2.31. The van der Waals surface area contributed by atoms with Crippen LogP contribution in [0.5, 0.6) is 17.2 Å². The highest BCUT2D eigenvalue weighted by Gasteiger charge is 2.27. The van der Waals surface area contributed by atoms with Gasteiger partial charge >= 0.3 is 6.03 Å². The van der Waals surface area contributed by atoms with Gasteiger partial charge in [0.15, 0.2) is 11.5 Å². The van der Waals surface area contributed by atoms with E-state index >= 15 is 0 Å². The third-order valence-corrected chi connectivity index (χ3v) is 5.80. The number of carbonyl (C=O) groups excluding carboxylic acids is 2. The average molecular weight is 457 g/mol. The molecule has 2 aliphatic heterocycles. The molecule has 2 N–H and O–H groups in total. The van der Waals surface area contributed by atoms with E-state index in [1.165, 1.54) is 0 Å². The van der Waals surface area contributed by atoms with Crippen LogP contribution in [0.15, 0.2) is 67.2 Å². The number of ether oxygens (including phenoxy) is 3. The molecule has 3 aromatic rings. The first-order valence-corrected chi connectivity index (χ1v) is 10.7. The average Bonchev–Trinajstić information content (AvgIpc) is 3.33. The van der Waals surface area contributed by atoms with Gasteiger partial charge in [-0.25, -0.2) is 4.79 Å². The Morgan fingerprint density at radius 1 is 1.06 bits per heavy atom. The van der Waals surface area contributed by atoms with Crippen LogP contribution in [0, 0.1) is 0 Å². The molecule has 8 heteroatoms. The molecule has 34 heavy (non-hydrogen) atoms. The van der Waals surface area contributed by atoms with Crippen LogP contribution in [0.1, 0.15) is 27.0 Å². The maximum atomic E-state index is 12.8. The smallest absolute Gasteiger partial charge is 0.326 e. The van der Waals surface area contributed by atoms with Crippen LogP contribution in [-0.2, 0) is 13.1 Å². The minimum Gasteiger partial charge on any atom is -0.497 e. The van der Waals surface area contributed by atoms with E-state index in [1.807, 2.05) is 42.5 Å². The number of anilines is 1. The van der Waals surface area contributed by atoms with E-state index < -0.39 is 0 Å². The number of nitrogens with zero attached hydrogens (tertiary/aromatic N) is 1. The van der Waals surface area contributed by atoms with Gasteiger partial charge in [-0.1, -0.05) is 24.8 Å². The fourth-order valence-electron chi connectivity index (χ4n) is 3.90. The number of hydrogen-bond donors (Lipinski definition) is 2. The summed E-state index contributed by atoms with van der Waals surface area (Å²) in [7, 11) is 1.61. The summed E-state index contributed by atoms with van der Waals surface area (Å²) in [6.07, 6.45) is 0. The van der Waals surface area contributed by atoms with Crippen molar-refractivity contribution in [1.29, 1.82) is 0 Å². The number of amides is 3. The van der Waals surface area contributed by atoms with Crippen LogP contribution >= 0.6 is 0 Å². The summed E-state index contributed by atoms with van der Waals surface area (Å²) in [5.41, 5.74) is 4.15. The highest BCUT2D eigenvalue weighted by molar-refractivity contribution is 6.04. The Hall–Kier alpha value is -4.46. The fourth-order valence-corrected chi connectivity index (χ4v) is 3.90. The summed E-state index contributed by atoms with van der Waals surface area (Å²) in [6.45, 7) is 5.02. The van der Waals surface area contributed by atoms with Gasteiger partial charge in [0.2, 0.25) is 6.79 Å². The van der Waals surface area contributed by atoms with Gasteiger partial charge in [-0.15, -0.1) is 0 Å². The van der Waals surface area contributed by atoms with E-state index in [1.54, 1.807) is 30.2 Å². The predicted octanol–water partition coefficient (Wildman–Crippen LogP) is 4.37. The quantitative estimate of drug-likeness (QED) is 0.574. The van der Waals surface area contributed by atoms with Crippen molar-refractivity contribution in [3.63, 3.8) is 0 Å². The molecule has 0 bridgehead atoms. The van der Waals surface area contributed by atoms with E-state index in [0.29, 0.717) is 47.1 Å². The lowest BCUT2D eigenvalue weighted by molar-refractivity contribution is 0.0951. The van der Waals surface area contributed by atoms with Crippen LogP contribution in [0.4, 0.5) is 10.5 Å². The molecule has 0 aromatic heterocycles. The van der Waals surface area contributed by atoms with Crippen LogP contribution in [0.3, 0.4) is 0 Å². The third kappa shape index (κ3) is 4.13. The van der Waals surface area contributed by atoms with E-state index in [9.17, 15) is 9.59 Å². The summed E-state index contributed by atoms with van der Waals surface area (Å²) in [5, 5.41) is 5.80. The molecule has 172 valence electrons.